The molecule has 0 radical (unpaired) electrons. The number of allylic oxidation sites excluding steroid dienone is 2. The van der Waals surface area contributed by atoms with Gasteiger partial charge in [0.15, 0.2) is 0 Å². The molecular formula is C22H18N4O2. The number of hydrogen-bond donors (Lipinski definition) is 2. The van der Waals surface area contributed by atoms with E-state index in [0.717, 1.165) is 5.56 Å². The molecule has 6 nitrogen and oxygen atoms in total. The predicted molar refractivity (Wildman–Crippen MR) is 106 cm³/mol. The standard InChI is InChI=1S/C22H18N4O2/c1-22(2,3)12-4-6-13(7-5-12)26-17-9-8-16(25)18-19(17)21(28)15(11-24)14(10-23)20(18)27/h4-9,26H,25H2,1-3H3. The third kappa shape index (κ3) is 3.02. The van der Waals surface area contributed by atoms with Gasteiger partial charge < -0.3 is 11.1 Å². The lowest BCUT2D eigenvalue weighted by Gasteiger charge is -2.21. The van der Waals surface area contributed by atoms with Gasteiger partial charge in [-0.15, -0.1) is 0 Å². The summed E-state index contributed by atoms with van der Waals surface area (Å²) in [6, 6.07) is 14.1. The van der Waals surface area contributed by atoms with E-state index in [2.05, 4.69) is 26.1 Å². The first-order chi connectivity index (χ1) is 13.2. The number of nitrogens with two attached hydrogens (primary N) is 1. The van der Waals surface area contributed by atoms with E-state index in [-0.39, 0.29) is 22.2 Å². The van der Waals surface area contributed by atoms with E-state index in [4.69, 9.17) is 5.73 Å². The van der Waals surface area contributed by atoms with Crippen molar-refractivity contribution in [2.75, 3.05) is 11.1 Å². The summed E-state index contributed by atoms with van der Waals surface area (Å²) in [7, 11) is 0. The van der Waals surface area contributed by atoms with Crippen molar-refractivity contribution in [2.45, 2.75) is 26.2 Å². The highest BCUT2D eigenvalue weighted by Gasteiger charge is 2.36. The number of ketones is 2. The molecule has 0 aliphatic heterocycles. The summed E-state index contributed by atoms with van der Waals surface area (Å²) in [4.78, 5) is 25.5. The average molecular weight is 370 g/mol. The van der Waals surface area contributed by atoms with Crippen LogP contribution in [0, 0.1) is 22.7 Å². The average Bonchev–Trinajstić information content (AvgIpc) is 2.65. The van der Waals surface area contributed by atoms with Gasteiger partial charge in [-0.3, -0.25) is 9.59 Å². The van der Waals surface area contributed by atoms with Gasteiger partial charge in [0.05, 0.1) is 16.8 Å². The second-order valence-electron chi connectivity index (χ2n) is 7.54. The van der Waals surface area contributed by atoms with Crippen LogP contribution < -0.4 is 11.1 Å². The molecule has 6 heteroatoms. The zero-order chi connectivity index (χ0) is 20.6. The highest BCUT2D eigenvalue weighted by molar-refractivity contribution is 6.33. The largest absolute Gasteiger partial charge is 0.398 e. The molecule has 0 aromatic heterocycles. The molecule has 138 valence electrons. The Labute approximate surface area is 162 Å². The minimum atomic E-state index is -0.710. The third-order valence-electron chi connectivity index (χ3n) is 4.65. The second-order valence-corrected chi connectivity index (χ2v) is 7.54. The van der Waals surface area contributed by atoms with Gasteiger partial charge in [0.25, 0.3) is 0 Å². The number of Topliss-reactive ketones (excluding diaryl/α,β-unsaturated/α-hetero) is 2. The van der Waals surface area contributed by atoms with Crippen LogP contribution in [0.1, 0.15) is 47.1 Å². The van der Waals surface area contributed by atoms with Crippen molar-refractivity contribution in [2.24, 2.45) is 0 Å². The van der Waals surface area contributed by atoms with E-state index in [9.17, 15) is 20.1 Å². The van der Waals surface area contributed by atoms with E-state index in [1.165, 1.54) is 6.07 Å². The Hall–Kier alpha value is -3.90. The van der Waals surface area contributed by atoms with Crippen LogP contribution in [-0.2, 0) is 5.41 Å². The van der Waals surface area contributed by atoms with Crippen LogP contribution in [-0.4, -0.2) is 11.6 Å². The summed E-state index contributed by atoms with van der Waals surface area (Å²) in [5, 5.41) is 21.6. The summed E-state index contributed by atoms with van der Waals surface area (Å²) >= 11 is 0. The Morgan fingerprint density at radius 2 is 1.39 bits per heavy atom. The fraction of sp³-hybridized carbons (Fsp3) is 0.182. The smallest absolute Gasteiger partial charge is 0.207 e. The van der Waals surface area contributed by atoms with Crippen LogP contribution in [0.2, 0.25) is 0 Å². The Morgan fingerprint density at radius 1 is 0.857 bits per heavy atom. The van der Waals surface area contributed by atoms with Crippen molar-refractivity contribution >= 4 is 28.6 Å². The van der Waals surface area contributed by atoms with E-state index >= 15 is 0 Å². The van der Waals surface area contributed by atoms with Crippen molar-refractivity contribution in [3.63, 3.8) is 0 Å². The number of anilines is 3. The van der Waals surface area contributed by atoms with Gasteiger partial charge in [-0.05, 0) is 35.2 Å². The highest BCUT2D eigenvalue weighted by atomic mass is 16.1. The summed E-state index contributed by atoms with van der Waals surface area (Å²) < 4.78 is 0. The lowest BCUT2D eigenvalue weighted by molar-refractivity contribution is 0.0983. The van der Waals surface area contributed by atoms with Crippen molar-refractivity contribution in [1.29, 1.82) is 10.5 Å². The number of nitrogens with zero attached hydrogens (tertiary/aromatic N) is 2. The van der Waals surface area contributed by atoms with Crippen LogP contribution in [0.25, 0.3) is 0 Å². The molecule has 0 bridgehead atoms. The van der Waals surface area contributed by atoms with E-state index < -0.39 is 22.7 Å². The minimum absolute atomic E-state index is 0.00145. The van der Waals surface area contributed by atoms with Crippen molar-refractivity contribution in [3.05, 3.63) is 64.2 Å². The third-order valence-corrected chi connectivity index (χ3v) is 4.65. The van der Waals surface area contributed by atoms with Crippen molar-refractivity contribution in [3.8, 4) is 12.1 Å². The van der Waals surface area contributed by atoms with E-state index in [1.807, 2.05) is 24.3 Å². The van der Waals surface area contributed by atoms with Gasteiger partial charge in [0.2, 0.25) is 11.6 Å². The maximum Gasteiger partial charge on any atom is 0.207 e. The molecule has 1 aliphatic rings. The number of carbonyl (C=O) groups excluding carboxylic acids is 2. The SMILES string of the molecule is CC(C)(C)c1ccc(Nc2ccc(N)c3c2C(=O)C(C#N)=C(C#N)C3=O)cc1. The number of benzene rings is 2. The summed E-state index contributed by atoms with van der Waals surface area (Å²) in [6.45, 7) is 6.33. The molecule has 2 aromatic carbocycles. The molecule has 0 unspecified atom stereocenters. The number of nitriles is 2. The molecule has 0 spiro atoms. The first-order valence-electron chi connectivity index (χ1n) is 8.63. The molecule has 0 heterocycles. The lowest BCUT2D eigenvalue weighted by Crippen LogP contribution is -2.23. The second kappa shape index (κ2) is 6.68. The molecular weight excluding hydrogens is 352 g/mol. The number of nitrogen functional groups attached to an aromatic ring is 1. The van der Waals surface area contributed by atoms with Crippen LogP contribution >= 0.6 is 0 Å². The Bertz CT molecular complexity index is 1120. The Balaban J connectivity index is 2.10. The lowest BCUT2D eigenvalue weighted by atomic mass is 9.83. The van der Waals surface area contributed by atoms with Crippen LogP contribution in [0.5, 0.6) is 0 Å². The van der Waals surface area contributed by atoms with E-state index in [0.29, 0.717) is 11.4 Å². The maximum atomic E-state index is 12.8. The predicted octanol–water partition coefficient (Wildman–Crippen LogP) is 4.03. The molecule has 3 rings (SSSR count). The van der Waals surface area contributed by atoms with Gasteiger partial charge in [-0.1, -0.05) is 32.9 Å². The molecule has 1 aliphatic carbocycles. The van der Waals surface area contributed by atoms with Gasteiger partial charge in [0, 0.05) is 11.4 Å². The summed E-state index contributed by atoms with van der Waals surface area (Å²) in [6.07, 6.45) is 0. The van der Waals surface area contributed by atoms with Gasteiger partial charge in [-0.25, -0.2) is 0 Å². The number of fused-ring (bicyclic) bond motifs is 1. The first kappa shape index (κ1) is 18.9. The van der Waals surface area contributed by atoms with Crippen molar-refractivity contribution < 1.29 is 9.59 Å². The monoisotopic (exact) mass is 370 g/mol. The molecule has 2 aromatic rings. The van der Waals surface area contributed by atoms with E-state index in [1.54, 1.807) is 18.2 Å². The minimum Gasteiger partial charge on any atom is -0.398 e. The number of carbonyl (C=O) groups is 2. The van der Waals surface area contributed by atoms with Crippen LogP contribution in [0.4, 0.5) is 17.1 Å². The molecule has 28 heavy (non-hydrogen) atoms. The topological polar surface area (TPSA) is 120 Å². The summed E-state index contributed by atoms with van der Waals surface area (Å²) in [5.74, 6) is -1.40. The Kier molecular flexibility index (Phi) is 4.50. The molecule has 0 fully saturated rings. The number of rotatable bonds is 2. The number of hydrogen-bond acceptors (Lipinski definition) is 6. The van der Waals surface area contributed by atoms with Gasteiger partial charge in [0.1, 0.15) is 23.3 Å². The highest BCUT2D eigenvalue weighted by Crippen LogP contribution is 2.36. The zero-order valence-electron chi connectivity index (χ0n) is 15.8. The quantitative estimate of drug-likeness (QED) is 0.770. The fourth-order valence-corrected chi connectivity index (χ4v) is 3.10. The number of nitrogens with one attached hydrogen (secondary N) is 1. The normalized spacial score (nSPS) is 13.6. The van der Waals surface area contributed by atoms with Gasteiger partial charge >= 0.3 is 0 Å². The molecule has 0 saturated heterocycles. The Morgan fingerprint density at radius 3 is 1.89 bits per heavy atom. The molecule has 0 saturated carbocycles. The molecule has 0 atom stereocenters. The molecule has 0 amide bonds. The summed E-state index contributed by atoms with van der Waals surface area (Å²) in [5.41, 5.74) is 7.26. The first-order valence-corrected chi connectivity index (χ1v) is 8.63. The van der Waals surface area contributed by atoms with Crippen molar-refractivity contribution in [1.82, 2.24) is 0 Å². The van der Waals surface area contributed by atoms with Crippen LogP contribution in [0.15, 0.2) is 47.5 Å². The zero-order valence-corrected chi connectivity index (χ0v) is 15.8. The van der Waals surface area contributed by atoms with Crippen LogP contribution in [0.3, 0.4) is 0 Å². The van der Waals surface area contributed by atoms with Gasteiger partial charge in [-0.2, -0.15) is 10.5 Å². The molecule has 3 N–H and O–H groups in total. The maximum absolute atomic E-state index is 12.8. The fourth-order valence-electron chi connectivity index (χ4n) is 3.10.